The van der Waals surface area contributed by atoms with Crippen LogP contribution in [-0.4, -0.2) is 36.9 Å². The number of nitrogens with one attached hydrogen (secondary N) is 2. The number of fused-ring (bicyclic) bond motifs is 1. The SMILES string of the molecule is COc1ccc(C(CNC(=O)c2n[nH]c(=O)c3ccccc23)Cc2ccccc2)cc1OC. The number of hydrogen-bond donors (Lipinski definition) is 2. The molecule has 1 amide bonds. The zero-order valence-corrected chi connectivity index (χ0v) is 18.5. The number of hydrogen-bond acceptors (Lipinski definition) is 5. The third-order valence-corrected chi connectivity index (χ3v) is 5.62. The van der Waals surface area contributed by atoms with Gasteiger partial charge in [0, 0.05) is 17.8 Å². The fraction of sp³-hybridized carbons (Fsp3) is 0.192. The highest BCUT2D eigenvalue weighted by molar-refractivity contribution is 6.04. The molecule has 3 aromatic carbocycles. The molecule has 33 heavy (non-hydrogen) atoms. The second-order valence-electron chi connectivity index (χ2n) is 7.66. The number of benzene rings is 3. The number of H-pyrrole nitrogens is 1. The van der Waals surface area contributed by atoms with Crippen LogP contribution in [0.25, 0.3) is 10.8 Å². The number of amides is 1. The maximum Gasteiger partial charge on any atom is 0.272 e. The van der Waals surface area contributed by atoms with Crippen LogP contribution in [0.5, 0.6) is 11.5 Å². The molecular formula is C26H25N3O4. The minimum atomic E-state index is -0.346. The van der Waals surface area contributed by atoms with Crippen molar-refractivity contribution in [3.63, 3.8) is 0 Å². The van der Waals surface area contributed by atoms with Crippen LogP contribution in [0, 0.1) is 0 Å². The van der Waals surface area contributed by atoms with E-state index in [-0.39, 0.29) is 23.1 Å². The van der Waals surface area contributed by atoms with Crippen molar-refractivity contribution >= 4 is 16.7 Å². The van der Waals surface area contributed by atoms with Gasteiger partial charge in [-0.3, -0.25) is 9.59 Å². The predicted octanol–water partition coefficient (Wildman–Crippen LogP) is 3.70. The molecule has 7 heteroatoms. The van der Waals surface area contributed by atoms with Crippen LogP contribution in [0.4, 0.5) is 0 Å². The highest BCUT2D eigenvalue weighted by Gasteiger charge is 2.19. The predicted molar refractivity (Wildman–Crippen MR) is 127 cm³/mol. The van der Waals surface area contributed by atoms with E-state index in [1.54, 1.807) is 38.5 Å². The molecule has 2 N–H and O–H groups in total. The molecule has 1 atom stereocenters. The molecule has 1 aromatic heterocycles. The molecule has 0 aliphatic rings. The van der Waals surface area contributed by atoms with E-state index in [2.05, 4.69) is 27.6 Å². The van der Waals surface area contributed by atoms with Crippen LogP contribution in [0.2, 0.25) is 0 Å². The first-order valence-electron chi connectivity index (χ1n) is 10.6. The molecular weight excluding hydrogens is 418 g/mol. The van der Waals surface area contributed by atoms with E-state index in [0.29, 0.717) is 28.8 Å². The Kier molecular flexibility index (Phi) is 6.69. The summed E-state index contributed by atoms with van der Waals surface area (Å²) in [7, 11) is 3.20. The zero-order chi connectivity index (χ0) is 23.2. The lowest BCUT2D eigenvalue weighted by Gasteiger charge is -2.20. The highest BCUT2D eigenvalue weighted by Crippen LogP contribution is 2.32. The van der Waals surface area contributed by atoms with Gasteiger partial charge in [-0.2, -0.15) is 5.10 Å². The summed E-state index contributed by atoms with van der Waals surface area (Å²) in [6.45, 7) is 0.373. The monoisotopic (exact) mass is 443 g/mol. The Hall–Kier alpha value is -4.13. The van der Waals surface area contributed by atoms with Crippen molar-refractivity contribution in [2.24, 2.45) is 0 Å². The first-order chi connectivity index (χ1) is 16.1. The Morgan fingerprint density at radius 3 is 2.36 bits per heavy atom. The average Bonchev–Trinajstić information content (AvgIpc) is 2.87. The number of carbonyl (C=O) groups is 1. The lowest BCUT2D eigenvalue weighted by Crippen LogP contribution is -2.31. The summed E-state index contributed by atoms with van der Waals surface area (Å²) in [5, 5.41) is 10.4. The van der Waals surface area contributed by atoms with Crippen LogP contribution in [0.15, 0.2) is 77.6 Å². The van der Waals surface area contributed by atoms with Gasteiger partial charge in [-0.15, -0.1) is 0 Å². The lowest BCUT2D eigenvalue weighted by molar-refractivity contribution is 0.0947. The maximum atomic E-state index is 13.0. The van der Waals surface area contributed by atoms with Gasteiger partial charge < -0.3 is 14.8 Å². The van der Waals surface area contributed by atoms with Gasteiger partial charge in [0.1, 0.15) is 0 Å². The Labute approximate surface area is 191 Å². The zero-order valence-electron chi connectivity index (χ0n) is 18.5. The number of rotatable bonds is 8. The molecule has 168 valence electrons. The van der Waals surface area contributed by atoms with Crippen molar-refractivity contribution in [3.05, 3.63) is 100.0 Å². The molecule has 0 aliphatic carbocycles. The highest BCUT2D eigenvalue weighted by atomic mass is 16.5. The largest absolute Gasteiger partial charge is 0.493 e. The summed E-state index contributed by atoms with van der Waals surface area (Å²) >= 11 is 0. The Morgan fingerprint density at radius 1 is 0.939 bits per heavy atom. The molecule has 0 fully saturated rings. The Balaban J connectivity index is 1.61. The van der Waals surface area contributed by atoms with Gasteiger partial charge in [-0.1, -0.05) is 54.6 Å². The minimum absolute atomic E-state index is 0.0230. The fourth-order valence-corrected chi connectivity index (χ4v) is 3.90. The molecule has 0 radical (unpaired) electrons. The summed E-state index contributed by atoms with van der Waals surface area (Å²) in [6, 6.07) is 22.8. The summed E-state index contributed by atoms with van der Waals surface area (Å²) < 4.78 is 10.8. The lowest BCUT2D eigenvalue weighted by atomic mass is 9.91. The van der Waals surface area contributed by atoms with Crippen LogP contribution in [-0.2, 0) is 6.42 Å². The molecule has 7 nitrogen and oxygen atoms in total. The first kappa shape index (κ1) is 22.1. The van der Waals surface area contributed by atoms with E-state index < -0.39 is 0 Å². The number of nitrogens with zero attached hydrogens (tertiary/aromatic N) is 1. The van der Waals surface area contributed by atoms with Gasteiger partial charge in [0.05, 0.1) is 19.6 Å². The second kappa shape index (κ2) is 9.99. The average molecular weight is 444 g/mol. The van der Waals surface area contributed by atoms with E-state index in [0.717, 1.165) is 17.5 Å². The van der Waals surface area contributed by atoms with Crippen molar-refractivity contribution < 1.29 is 14.3 Å². The normalized spacial score (nSPS) is 11.7. The van der Waals surface area contributed by atoms with E-state index in [4.69, 9.17) is 9.47 Å². The molecule has 4 aromatic rings. The summed E-state index contributed by atoms with van der Waals surface area (Å²) in [5.41, 5.74) is 2.03. The van der Waals surface area contributed by atoms with Gasteiger partial charge in [0.15, 0.2) is 17.2 Å². The quantitative estimate of drug-likeness (QED) is 0.433. The molecule has 0 aliphatic heterocycles. The van der Waals surface area contributed by atoms with E-state index in [1.807, 2.05) is 36.4 Å². The number of methoxy groups -OCH3 is 2. The number of carbonyl (C=O) groups excluding carboxylic acids is 1. The first-order valence-corrected chi connectivity index (χ1v) is 10.6. The molecule has 0 bridgehead atoms. The van der Waals surface area contributed by atoms with Crippen LogP contribution < -0.4 is 20.3 Å². The number of ether oxygens (including phenoxy) is 2. The van der Waals surface area contributed by atoms with Crippen molar-refractivity contribution in [3.8, 4) is 11.5 Å². The smallest absolute Gasteiger partial charge is 0.272 e. The van der Waals surface area contributed by atoms with E-state index >= 15 is 0 Å². The molecule has 0 saturated heterocycles. The van der Waals surface area contributed by atoms with E-state index in [1.165, 1.54) is 0 Å². The van der Waals surface area contributed by atoms with Gasteiger partial charge in [-0.05, 0) is 35.7 Å². The molecule has 1 heterocycles. The summed E-state index contributed by atoms with van der Waals surface area (Å²) in [4.78, 5) is 25.1. The van der Waals surface area contributed by atoms with Gasteiger partial charge in [0.25, 0.3) is 11.5 Å². The number of aromatic amines is 1. The molecule has 0 saturated carbocycles. The maximum absolute atomic E-state index is 13.0. The summed E-state index contributed by atoms with van der Waals surface area (Å²) in [5.74, 6) is 0.909. The summed E-state index contributed by atoms with van der Waals surface area (Å²) in [6.07, 6.45) is 0.719. The van der Waals surface area contributed by atoms with Crippen molar-refractivity contribution in [2.45, 2.75) is 12.3 Å². The molecule has 1 unspecified atom stereocenters. The van der Waals surface area contributed by atoms with Crippen LogP contribution in [0.3, 0.4) is 0 Å². The van der Waals surface area contributed by atoms with Gasteiger partial charge in [0.2, 0.25) is 0 Å². The molecule has 0 spiro atoms. The van der Waals surface area contributed by atoms with Gasteiger partial charge >= 0.3 is 0 Å². The Morgan fingerprint density at radius 2 is 1.64 bits per heavy atom. The molecule has 4 rings (SSSR count). The topological polar surface area (TPSA) is 93.3 Å². The van der Waals surface area contributed by atoms with E-state index in [9.17, 15) is 9.59 Å². The number of aromatic nitrogens is 2. The Bertz CT molecular complexity index is 1320. The third-order valence-electron chi connectivity index (χ3n) is 5.62. The fourth-order valence-electron chi connectivity index (χ4n) is 3.90. The standard InChI is InChI=1S/C26H25N3O4/c1-32-22-13-12-18(15-23(22)33-2)19(14-17-8-4-3-5-9-17)16-27-26(31)24-20-10-6-7-11-21(20)25(30)29-28-24/h3-13,15,19H,14,16H2,1-2H3,(H,27,31)(H,29,30). The third kappa shape index (κ3) is 4.87. The van der Waals surface area contributed by atoms with Gasteiger partial charge in [-0.25, -0.2) is 5.10 Å². The minimum Gasteiger partial charge on any atom is -0.493 e. The van der Waals surface area contributed by atoms with Crippen molar-refractivity contribution in [1.82, 2.24) is 15.5 Å². The van der Waals surface area contributed by atoms with Crippen molar-refractivity contribution in [1.29, 1.82) is 0 Å². The second-order valence-corrected chi connectivity index (χ2v) is 7.66. The van der Waals surface area contributed by atoms with Crippen molar-refractivity contribution in [2.75, 3.05) is 20.8 Å². The van der Waals surface area contributed by atoms with Crippen LogP contribution >= 0.6 is 0 Å². The van der Waals surface area contributed by atoms with Crippen LogP contribution in [0.1, 0.15) is 27.5 Å².